The highest BCUT2D eigenvalue weighted by atomic mass is 32.2. The van der Waals surface area contributed by atoms with E-state index < -0.39 is 50.9 Å². The van der Waals surface area contributed by atoms with E-state index in [0.29, 0.717) is 11.3 Å². The molecule has 0 bridgehead atoms. The van der Waals surface area contributed by atoms with Gasteiger partial charge in [0.1, 0.15) is 22.2 Å². The summed E-state index contributed by atoms with van der Waals surface area (Å²) in [4.78, 5) is 40.5. The molecule has 2 amide bonds. The Morgan fingerprint density at radius 1 is 1.09 bits per heavy atom. The number of ether oxygens (including phenoxy) is 3. The molecular formula is C29H36FN5O8S2. The number of anilines is 2. The van der Waals surface area contributed by atoms with Crippen LogP contribution in [0.4, 0.5) is 19.9 Å². The zero-order chi connectivity index (χ0) is 33.4. The molecule has 0 spiro atoms. The van der Waals surface area contributed by atoms with Gasteiger partial charge in [0.25, 0.3) is 10.0 Å². The molecule has 3 aromatic rings. The predicted octanol–water partition coefficient (Wildman–Crippen LogP) is 4.47. The fraction of sp³-hybridized carbons (Fsp3) is 0.379. The summed E-state index contributed by atoms with van der Waals surface area (Å²) in [5.41, 5.74) is 5.17. The predicted molar refractivity (Wildman–Crippen MR) is 166 cm³/mol. The van der Waals surface area contributed by atoms with Crippen molar-refractivity contribution in [3.63, 3.8) is 0 Å². The Bertz CT molecular complexity index is 1610. The van der Waals surface area contributed by atoms with E-state index in [4.69, 9.17) is 14.2 Å². The maximum Gasteiger partial charge on any atom is 0.422 e. The summed E-state index contributed by atoms with van der Waals surface area (Å²) in [6, 6.07) is 9.60. The number of hydrogen-bond donors (Lipinski definition) is 3. The van der Waals surface area contributed by atoms with Crippen molar-refractivity contribution >= 4 is 50.0 Å². The largest absolute Gasteiger partial charge is 0.497 e. The van der Waals surface area contributed by atoms with Gasteiger partial charge in [-0.25, -0.2) is 32.8 Å². The highest BCUT2D eigenvalue weighted by Crippen LogP contribution is 2.34. The molecule has 3 N–H and O–H groups in total. The molecule has 0 fully saturated rings. The SMILES string of the molecule is COc1ccc(CN(c2scnc2C(=O)OCC(C)C)S(=O)(=O)c2ccc(NC(=O)CNNC(=O)OC(C)(C)C)c(F)c2)cc1. The van der Waals surface area contributed by atoms with Crippen molar-refractivity contribution in [2.45, 2.75) is 51.7 Å². The summed E-state index contributed by atoms with van der Waals surface area (Å²) in [5, 5.41) is 2.29. The van der Waals surface area contributed by atoms with Crippen molar-refractivity contribution in [2.24, 2.45) is 5.92 Å². The van der Waals surface area contributed by atoms with Crippen LogP contribution in [0.3, 0.4) is 0 Å². The van der Waals surface area contributed by atoms with E-state index >= 15 is 4.39 Å². The van der Waals surface area contributed by atoms with Gasteiger partial charge in [-0.05, 0) is 62.6 Å². The summed E-state index contributed by atoms with van der Waals surface area (Å²) in [6.07, 6.45) is -0.812. The molecule has 3 rings (SSSR count). The van der Waals surface area contributed by atoms with Gasteiger partial charge < -0.3 is 19.5 Å². The first-order valence-electron chi connectivity index (χ1n) is 13.7. The van der Waals surface area contributed by atoms with Crippen molar-refractivity contribution in [3.05, 3.63) is 65.0 Å². The first-order chi connectivity index (χ1) is 21.1. The summed E-state index contributed by atoms with van der Waals surface area (Å²) < 4.78 is 59.7. The number of benzene rings is 2. The van der Waals surface area contributed by atoms with Crippen LogP contribution in [0.5, 0.6) is 5.75 Å². The zero-order valence-corrected chi connectivity index (χ0v) is 27.3. The maximum atomic E-state index is 15.2. The third kappa shape index (κ3) is 10.1. The molecule has 0 aliphatic rings. The van der Waals surface area contributed by atoms with Crippen molar-refractivity contribution < 1.29 is 41.4 Å². The average Bonchev–Trinajstić information content (AvgIpc) is 3.44. The topological polar surface area (TPSA) is 165 Å². The average molecular weight is 666 g/mol. The first kappa shape index (κ1) is 35.2. The number of halogens is 1. The number of nitrogens with one attached hydrogen (secondary N) is 3. The number of sulfonamides is 1. The number of thiazole rings is 1. The molecule has 0 saturated carbocycles. The first-order valence-corrected chi connectivity index (χ1v) is 16.0. The van der Waals surface area contributed by atoms with Gasteiger partial charge >= 0.3 is 12.1 Å². The van der Waals surface area contributed by atoms with E-state index in [2.05, 4.69) is 21.2 Å². The molecule has 13 nitrogen and oxygen atoms in total. The van der Waals surface area contributed by atoms with Crippen molar-refractivity contribution in [1.82, 2.24) is 15.8 Å². The summed E-state index contributed by atoms with van der Waals surface area (Å²) in [5.74, 6) is -1.96. The van der Waals surface area contributed by atoms with Gasteiger partial charge in [0.2, 0.25) is 5.91 Å². The van der Waals surface area contributed by atoms with Crippen LogP contribution in [0.1, 0.15) is 50.7 Å². The Labute approximate surface area is 265 Å². The zero-order valence-electron chi connectivity index (χ0n) is 25.7. The minimum absolute atomic E-state index is 0.0130. The number of rotatable bonds is 13. The molecule has 0 aliphatic heterocycles. The number of carbonyl (C=O) groups is 3. The second kappa shape index (κ2) is 15.1. The Morgan fingerprint density at radius 3 is 2.38 bits per heavy atom. The van der Waals surface area contributed by atoms with E-state index in [1.807, 2.05) is 13.8 Å². The number of hydrogen-bond acceptors (Lipinski definition) is 11. The Morgan fingerprint density at radius 2 is 1.78 bits per heavy atom. The fourth-order valence-electron chi connectivity index (χ4n) is 3.61. The van der Waals surface area contributed by atoms with E-state index in [-0.39, 0.29) is 35.5 Å². The quantitative estimate of drug-likeness (QED) is 0.175. The van der Waals surface area contributed by atoms with Gasteiger partial charge in [-0.2, -0.15) is 0 Å². The van der Waals surface area contributed by atoms with Crippen LogP contribution in [0.2, 0.25) is 0 Å². The Balaban J connectivity index is 1.85. The fourth-order valence-corrected chi connectivity index (χ4v) is 6.09. The molecule has 0 atom stereocenters. The van der Waals surface area contributed by atoms with Gasteiger partial charge in [-0.3, -0.25) is 14.5 Å². The lowest BCUT2D eigenvalue weighted by Gasteiger charge is -2.24. The van der Waals surface area contributed by atoms with Gasteiger partial charge in [0, 0.05) is 0 Å². The van der Waals surface area contributed by atoms with Gasteiger partial charge in [0.15, 0.2) is 5.69 Å². The molecular weight excluding hydrogens is 629 g/mol. The van der Waals surface area contributed by atoms with Crippen LogP contribution in [0, 0.1) is 11.7 Å². The lowest BCUT2D eigenvalue weighted by atomic mass is 10.2. The smallest absolute Gasteiger partial charge is 0.422 e. The van der Waals surface area contributed by atoms with Crippen LogP contribution in [-0.4, -0.2) is 57.2 Å². The van der Waals surface area contributed by atoms with Crippen LogP contribution >= 0.6 is 11.3 Å². The normalized spacial score (nSPS) is 11.6. The van der Waals surface area contributed by atoms with Crippen LogP contribution in [-0.2, 0) is 30.8 Å². The maximum absolute atomic E-state index is 15.2. The number of amides is 2. The molecule has 2 aromatic carbocycles. The van der Waals surface area contributed by atoms with Gasteiger partial charge in [0.05, 0.1) is 42.9 Å². The third-order valence-electron chi connectivity index (χ3n) is 5.64. The molecule has 0 aliphatic carbocycles. The molecule has 16 heteroatoms. The lowest BCUT2D eigenvalue weighted by Crippen LogP contribution is -2.44. The Kier molecular flexibility index (Phi) is 11.8. The van der Waals surface area contributed by atoms with E-state index in [0.717, 1.165) is 33.8 Å². The molecule has 0 saturated heterocycles. The summed E-state index contributed by atoms with van der Waals surface area (Å²) >= 11 is 0.910. The van der Waals surface area contributed by atoms with E-state index in [1.165, 1.54) is 12.6 Å². The number of nitrogens with zero attached hydrogens (tertiary/aromatic N) is 2. The monoisotopic (exact) mass is 665 g/mol. The lowest BCUT2D eigenvalue weighted by molar-refractivity contribution is -0.115. The Hall–Kier alpha value is -4.28. The number of hydrazine groups is 1. The molecule has 1 aromatic heterocycles. The summed E-state index contributed by atoms with van der Waals surface area (Å²) in [6.45, 7) is 8.16. The standard InChI is InChI=1S/C29H36FN5O8S2/c1-18(2)16-42-27(37)25-26(44-17-31-25)35(15-19-7-9-20(41-6)10-8-19)45(39,40)21-11-12-23(22(30)13-21)33-24(36)14-32-34-28(38)43-29(3,4)5/h7-13,17-18,32H,14-16H2,1-6H3,(H,33,36)(H,34,38). The van der Waals surface area contributed by atoms with Crippen molar-refractivity contribution in [3.8, 4) is 5.75 Å². The molecule has 0 radical (unpaired) electrons. The van der Waals surface area contributed by atoms with Crippen molar-refractivity contribution in [2.75, 3.05) is 29.9 Å². The van der Waals surface area contributed by atoms with Crippen LogP contribution in [0.25, 0.3) is 0 Å². The number of carbonyl (C=O) groups excluding carboxylic acids is 3. The summed E-state index contributed by atoms with van der Waals surface area (Å²) in [7, 11) is -3.00. The van der Waals surface area contributed by atoms with Crippen LogP contribution in [0.15, 0.2) is 52.9 Å². The number of methoxy groups -OCH3 is 1. The minimum atomic E-state index is -4.49. The molecule has 1 heterocycles. The molecule has 0 unspecified atom stereocenters. The molecule has 244 valence electrons. The van der Waals surface area contributed by atoms with Crippen LogP contribution < -0.4 is 25.2 Å². The van der Waals surface area contributed by atoms with Gasteiger partial charge in [-0.15, -0.1) is 11.3 Å². The molecule has 45 heavy (non-hydrogen) atoms. The second-order valence-electron chi connectivity index (χ2n) is 11.0. The van der Waals surface area contributed by atoms with E-state index in [9.17, 15) is 22.8 Å². The third-order valence-corrected chi connectivity index (χ3v) is 8.35. The highest BCUT2D eigenvalue weighted by molar-refractivity contribution is 7.93. The minimum Gasteiger partial charge on any atom is -0.497 e. The van der Waals surface area contributed by atoms with E-state index in [1.54, 1.807) is 45.0 Å². The number of aromatic nitrogens is 1. The second-order valence-corrected chi connectivity index (χ2v) is 13.7. The van der Waals surface area contributed by atoms with Crippen molar-refractivity contribution in [1.29, 1.82) is 0 Å². The van der Waals surface area contributed by atoms with Gasteiger partial charge in [-0.1, -0.05) is 26.0 Å². The number of esters is 1. The highest BCUT2D eigenvalue weighted by Gasteiger charge is 2.32.